The predicted molar refractivity (Wildman–Crippen MR) is 168 cm³/mol. The number of hydrogen-bond donors (Lipinski definition) is 0. The third-order valence-electron chi connectivity index (χ3n) is 9.27. The summed E-state index contributed by atoms with van der Waals surface area (Å²) in [7, 11) is 0. The Morgan fingerprint density at radius 3 is 2.34 bits per heavy atom. The maximum atomic E-state index is 13.8. The Labute approximate surface area is 246 Å². The van der Waals surface area contributed by atoms with Crippen molar-refractivity contribution >= 4 is 17.3 Å². The average Bonchev–Trinajstić information content (AvgIpc) is 3.49. The van der Waals surface area contributed by atoms with E-state index in [1.165, 1.54) is 36.9 Å². The zero-order valence-corrected chi connectivity index (χ0v) is 25.4. The first-order valence-corrected chi connectivity index (χ1v) is 15.6. The molecule has 1 aliphatic heterocycles. The number of nitrogens with zero attached hydrogens (tertiary/aromatic N) is 2. The van der Waals surface area contributed by atoms with Gasteiger partial charge in [-0.2, -0.15) is 0 Å². The van der Waals surface area contributed by atoms with Gasteiger partial charge in [-0.3, -0.25) is 14.5 Å². The summed E-state index contributed by atoms with van der Waals surface area (Å²) >= 11 is 0. The van der Waals surface area contributed by atoms with E-state index in [0.717, 1.165) is 72.8 Å². The summed E-state index contributed by atoms with van der Waals surface area (Å²) in [6, 6.07) is 13.8. The van der Waals surface area contributed by atoms with Crippen LogP contribution in [-0.4, -0.2) is 55.4 Å². The van der Waals surface area contributed by atoms with Gasteiger partial charge in [0, 0.05) is 55.8 Å². The molecule has 218 valence electrons. The number of rotatable bonds is 10. The van der Waals surface area contributed by atoms with Crippen molar-refractivity contribution in [1.29, 1.82) is 0 Å². The molecule has 2 aromatic rings. The molecule has 5 heteroatoms. The number of anilines is 1. The zero-order valence-electron chi connectivity index (χ0n) is 25.4. The number of ketones is 2. The number of ether oxygens (including phenoxy) is 1. The van der Waals surface area contributed by atoms with Crippen molar-refractivity contribution in [2.24, 2.45) is 5.92 Å². The number of carbonyl (C=O) groups is 2. The minimum absolute atomic E-state index is 0.122. The van der Waals surface area contributed by atoms with Crippen molar-refractivity contribution < 1.29 is 14.3 Å². The summed E-state index contributed by atoms with van der Waals surface area (Å²) < 4.78 is 5.50. The van der Waals surface area contributed by atoms with Crippen LogP contribution in [0.15, 0.2) is 59.7 Å². The van der Waals surface area contributed by atoms with Crippen LogP contribution in [0, 0.1) is 12.8 Å². The molecule has 3 aliphatic rings. The van der Waals surface area contributed by atoms with E-state index in [1.807, 2.05) is 13.8 Å². The fourth-order valence-corrected chi connectivity index (χ4v) is 6.95. The van der Waals surface area contributed by atoms with Gasteiger partial charge in [-0.25, -0.2) is 0 Å². The van der Waals surface area contributed by atoms with Crippen LogP contribution in [0.4, 0.5) is 5.69 Å². The first kappa shape index (κ1) is 29.5. The monoisotopic (exact) mass is 554 g/mol. The largest absolute Gasteiger partial charge is 0.379 e. The summed E-state index contributed by atoms with van der Waals surface area (Å²) in [5.74, 6) is 0.0520. The lowest BCUT2D eigenvalue weighted by atomic mass is 9.84. The Morgan fingerprint density at radius 2 is 1.68 bits per heavy atom. The molecule has 41 heavy (non-hydrogen) atoms. The van der Waals surface area contributed by atoms with Crippen molar-refractivity contribution in [2.45, 2.75) is 78.8 Å². The molecular weight excluding hydrogens is 508 g/mol. The maximum absolute atomic E-state index is 13.8. The van der Waals surface area contributed by atoms with Crippen LogP contribution in [0.25, 0.3) is 11.1 Å². The SMILES string of the molecule is CCN(c1cc(-c2ccc(CN3CCOCC3)cc2)cc(C(=O)CCC2C(=O)C=C(C)C=C2C)c1C)C1CCCC1. The quantitative estimate of drug-likeness (QED) is 0.288. The molecule has 5 nitrogen and oxygen atoms in total. The number of benzene rings is 2. The van der Waals surface area contributed by atoms with E-state index in [4.69, 9.17) is 4.74 Å². The summed E-state index contributed by atoms with van der Waals surface area (Å²) in [5.41, 5.74) is 8.61. The van der Waals surface area contributed by atoms with Crippen LogP contribution in [0.5, 0.6) is 0 Å². The molecule has 2 aromatic carbocycles. The smallest absolute Gasteiger partial charge is 0.163 e. The third kappa shape index (κ3) is 6.90. The molecule has 1 unspecified atom stereocenters. The van der Waals surface area contributed by atoms with Crippen LogP contribution >= 0.6 is 0 Å². The van der Waals surface area contributed by atoms with Gasteiger partial charge in [-0.1, -0.05) is 48.8 Å². The molecule has 1 atom stereocenters. The van der Waals surface area contributed by atoms with Gasteiger partial charge in [-0.05, 0) is 93.0 Å². The second-order valence-corrected chi connectivity index (χ2v) is 12.2. The Kier molecular flexibility index (Phi) is 9.57. The minimum Gasteiger partial charge on any atom is -0.379 e. The molecule has 1 heterocycles. The van der Waals surface area contributed by atoms with Crippen LogP contribution in [0.2, 0.25) is 0 Å². The fraction of sp³-hybridized carbons (Fsp3) is 0.500. The molecule has 2 aliphatic carbocycles. The predicted octanol–water partition coefficient (Wildman–Crippen LogP) is 7.32. The van der Waals surface area contributed by atoms with Crippen molar-refractivity contribution in [3.8, 4) is 11.1 Å². The Morgan fingerprint density at radius 1 is 0.976 bits per heavy atom. The molecule has 2 fully saturated rings. The van der Waals surface area contributed by atoms with Gasteiger partial charge in [0.2, 0.25) is 0 Å². The van der Waals surface area contributed by atoms with Crippen LogP contribution in [0.1, 0.15) is 80.8 Å². The summed E-state index contributed by atoms with van der Waals surface area (Å²) in [4.78, 5) is 31.5. The number of morpholine rings is 1. The molecule has 0 amide bonds. The van der Waals surface area contributed by atoms with Gasteiger partial charge in [0.15, 0.2) is 11.6 Å². The molecular formula is C36H46N2O3. The standard InChI is InChI=1S/C36H46N2O3/c1-5-38(31-8-6-7-9-31)34-23-30(29-12-10-28(11-13-29)24-37-16-18-41-19-17-37)22-33(27(34)4)35(39)15-14-32-26(3)20-25(2)21-36(32)40/h10-13,20-23,31-32H,5-9,14-19,24H2,1-4H3. The van der Waals surface area contributed by atoms with Gasteiger partial charge in [0.25, 0.3) is 0 Å². The van der Waals surface area contributed by atoms with E-state index in [9.17, 15) is 9.59 Å². The number of hydrogen-bond acceptors (Lipinski definition) is 5. The summed E-state index contributed by atoms with van der Waals surface area (Å²) in [6.45, 7) is 13.7. The van der Waals surface area contributed by atoms with Gasteiger partial charge in [-0.15, -0.1) is 0 Å². The highest BCUT2D eigenvalue weighted by molar-refractivity contribution is 6.01. The normalized spacial score (nSPS) is 20.2. The highest BCUT2D eigenvalue weighted by atomic mass is 16.5. The first-order chi connectivity index (χ1) is 19.8. The highest BCUT2D eigenvalue weighted by Gasteiger charge is 2.27. The fourth-order valence-electron chi connectivity index (χ4n) is 6.95. The van der Waals surface area contributed by atoms with Crippen molar-refractivity contribution in [1.82, 2.24) is 4.90 Å². The zero-order chi connectivity index (χ0) is 28.9. The molecule has 5 rings (SSSR count). The lowest BCUT2D eigenvalue weighted by Crippen LogP contribution is -2.35. The van der Waals surface area contributed by atoms with E-state index < -0.39 is 0 Å². The van der Waals surface area contributed by atoms with Crippen molar-refractivity contribution in [2.75, 3.05) is 37.7 Å². The minimum atomic E-state index is -0.199. The second-order valence-electron chi connectivity index (χ2n) is 12.2. The Bertz CT molecular complexity index is 1310. The number of Topliss-reactive ketones (excluding diaryl/α,β-unsaturated/α-hetero) is 1. The highest BCUT2D eigenvalue weighted by Crippen LogP contribution is 2.36. The molecule has 0 aromatic heterocycles. The third-order valence-corrected chi connectivity index (χ3v) is 9.27. The van der Waals surface area contributed by atoms with Crippen molar-refractivity contribution in [3.05, 3.63) is 76.4 Å². The molecule has 1 saturated carbocycles. The van der Waals surface area contributed by atoms with E-state index in [2.05, 4.69) is 66.1 Å². The molecule has 0 bridgehead atoms. The van der Waals surface area contributed by atoms with Crippen LogP contribution in [-0.2, 0) is 16.1 Å². The Hall–Kier alpha value is -3.02. The van der Waals surface area contributed by atoms with E-state index in [0.29, 0.717) is 18.9 Å². The molecule has 0 spiro atoms. The lowest BCUT2D eigenvalue weighted by molar-refractivity contribution is -0.117. The Balaban J connectivity index is 1.43. The summed E-state index contributed by atoms with van der Waals surface area (Å²) in [6.07, 6.45) is 9.67. The number of carbonyl (C=O) groups excluding carboxylic acids is 2. The van der Waals surface area contributed by atoms with E-state index in [1.54, 1.807) is 6.08 Å². The molecule has 1 saturated heterocycles. The van der Waals surface area contributed by atoms with Gasteiger partial charge in [0.1, 0.15) is 0 Å². The van der Waals surface area contributed by atoms with E-state index in [-0.39, 0.29) is 17.5 Å². The van der Waals surface area contributed by atoms with Crippen LogP contribution < -0.4 is 4.90 Å². The van der Waals surface area contributed by atoms with Crippen molar-refractivity contribution in [3.63, 3.8) is 0 Å². The topological polar surface area (TPSA) is 49.9 Å². The van der Waals surface area contributed by atoms with Gasteiger partial charge >= 0.3 is 0 Å². The van der Waals surface area contributed by atoms with Gasteiger partial charge in [0.05, 0.1) is 13.2 Å². The molecule has 0 radical (unpaired) electrons. The lowest BCUT2D eigenvalue weighted by Gasteiger charge is -2.32. The first-order valence-electron chi connectivity index (χ1n) is 15.6. The summed E-state index contributed by atoms with van der Waals surface area (Å²) in [5, 5.41) is 0. The molecule has 0 N–H and O–H groups in total. The van der Waals surface area contributed by atoms with Gasteiger partial charge < -0.3 is 9.64 Å². The second kappa shape index (κ2) is 13.3. The van der Waals surface area contributed by atoms with Crippen LogP contribution in [0.3, 0.4) is 0 Å². The van der Waals surface area contributed by atoms with E-state index >= 15 is 0 Å². The maximum Gasteiger partial charge on any atom is 0.163 e. The number of allylic oxidation sites excluding steroid dienone is 4. The average molecular weight is 555 g/mol.